The average molecular weight is 592 g/mol. The number of para-hydroxylation sites is 2. The van der Waals surface area contributed by atoms with Crippen LogP contribution in [0.3, 0.4) is 0 Å². The van der Waals surface area contributed by atoms with Crippen LogP contribution in [-0.2, 0) is 0 Å². The highest BCUT2D eigenvalue weighted by molar-refractivity contribution is 7.26. The van der Waals surface area contributed by atoms with Crippen molar-refractivity contribution < 1.29 is 4.42 Å². The second-order valence-corrected chi connectivity index (χ2v) is 12.8. The fraction of sp³-hybridized carbons (Fsp3) is 0. The van der Waals surface area contributed by atoms with Crippen LogP contribution in [0.2, 0.25) is 0 Å². The van der Waals surface area contributed by atoms with E-state index < -0.39 is 0 Å². The highest BCUT2D eigenvalue weighted by atomic mass is 32.1. The molecule has 7 aromatic carbocycles. The largest absolute Gasteiger partial charge is 0.456 e. The van der Waals surface area contributed by atoms with E-state index in [1.165, 1.54) is 64.2 Å². The maximum atomic E-state index is 6.18. The third kappa shape index (κ3) is 3.68. The van der Waals surface area contributed by atoms with Gasteiger partial charge >= 0.3 is 0 Å². The maximum absolute atomic E-state index is 6.18. The molecule has 0 bridgehead atoms. The van der Waals surface area contributed by atoms with Gasteiger partial charge in [-0.05, 0) is 70.8 Å². The van der Waals surface area contributed by atoms with E-state index in [2.05, 4.69) is 144 Å². The Morgan fingerprint density at radius 2 is 1.11 bits per heavy atom. The second-order valence-electron chi connectivity index (χ2n) is 11.7. The van der Waals surface area contributed by atoms with E-state index in [0.717, 1.165) is 27.6 Å². The lowest BCUT2D eigenvalue weighted by Gasteiger charge is -2.14. The Morgan fingerprint density at radius 1 is 0.422 bits per heavy atom. The van der Waals surface area contributed by atoms with Crippen molar-refractivity contribution in [2.24, 2.45) is 0 Å². The van der Waals surface area contributed by atoms with Gasteiger partial charge in [0.25, 0.3) is 0 Å². The van der Waals surface area contributed by atoms with E-state index >= 15 is 0 Å². The van der Waals surface area contributed by atoms with Crippen LogP contribution < -0.4 is 0 Å². The summed E-state index contributed by atoms with van der Waals surface area (Å²) in [4.78, 5) is 0. The van der Waals surface area contributed by atoms with E-state index in [9.17, 15) is 0 Å². The lowest BCUT2D eigenvalue weighted by Crippen LogP contribution is -1.96. The minimum atomic E-state index is 0.911. The number of fused-ring (bicyclic) bond motifs is 10. The second kappa shape index (κ2) is 9.43. The lowest BCUT2D eigenvalue weighted by molar-refractivity contribution is 0.669. The van der Waals surface area contributed by atoms with Crippen molar-refractivity contribution in [1.29, 1.82) is 0 Å². The summed E-state index contributed by atoms with van der Waals surface area (Å²) in [5, 5.41) is 7.45. The summed E-state index contributed by atoms with van der Waals surface area (Å²) in [7, 11) is 0. The summed E-state index contributed by atoms with van der Waals surface area (Å²) in [6.45, 7) is 0. The molecular weight excluding hydrogens is 567 g/mol. The molecule has 10 aromatic rings. The van der Waals surface area contributed by atoms with Crippen molar-refractivity contribution in [3.05, 3.63) is 152 Å². The van der Waals surface area contributed by atoms with Crippen LogP contribution in [0.1, 0.15) is 0 Å². The van der Waals surface area contributed by atoms with Crippen molar-refractivity contribution >= 4 is 75.3 Å². The van der Waals surface area contributed by atoms with Crippen LogP contribution in [0.5, 0.6) is 0 Å². The van der Waals surface area contributed by atoms with E-state index in [1.807, 2.05) is 23.5 Å². The molecule has 10 rings (SSSR count). The van der Waals surface area contributed by atoms with Crippen LogP contribution in [0.25, 0.3) is 91.9 Å². The lowest BCUT2D eigenvalue weighted by atomic mass is 9.97. The Morgan fingerprint density at radius 3 is 2.00 bits per heavy atom. The van der Waals surface area contributed by atoms with Gasteiger partial charge in [-0.25, -0.2) is 0 Å². The smallest absolute Gasteiger partial charge is 0.135 e. The zero-order valence-corrected chi connectivity index (χ0v) is 25.0. The summed E-state index contributed by atoms with van der Waals surface area (Å²) < 4.78 is 11.3. The van der Waals surface area contributed by atoms with Crippen LogP contribution in [0.15, 0.2) is 156 Å². The topological polar surface area (TPSA) is 18.1 Å². The molecule has 0 aliphatic heterocycles. The van der Waals surface area contributed by atoms with Gasteiger partial charge in [0.05, 0.1) is 15.7 Å². The van der Waals surface area contributed by atoms with Gasteiger partial charge < -0.3 is 8.98 Å². The van der Waals surface area contributed by atoms with E-state index in [0.29, 0.717) is 0 Å². The first kappa shape index (κ1) is 24.8. The molecule has 0 saturated carbocycles. The van der Waals surface area contributed by atoms with Crippen LogP contribution in [0, 0.1) is 0 Å². The molecule has 2 nitrogen and oxygen atoms in total. The van der Waals surface area contributed by atoms with Crippen molar-refractivity contribution in [2.75, 3.05) is 0 Å². The molecule has 0 amide bonds. The molecule has 0 atom stereocenters. The molecule has 0 fully saturated rings. The molecular formula is C42H25NOS. The number of furan rings is 1. The van der Waals surface area contributed by atoms with Gasteiger partial charge in [-0.2, -0.15) is 0 Å². The predicted octanol–water partition coefficient (Wildman–Crippen LogP) is 12.4. The Balaban J connectivity index is 1.31. The van der Waals surface area contributed by atoms with Gasteiger partial charge in [-0.3, -0.25) is 0 Å². The third-order valence-corrected chi connectivity index (χ3v) is 10.4. The van der Waals surface area contributed by atoms with E-state index in [4.69, 9.17) is 4.42 Å². The Labute approximate surface area is 263 Å². The number of thiophene rings is 1. The number of nitrogens with zero attached hydrogens (tertiary/aromatic N) is 1. The number of hydrogen-bond acceptors (Lipinski definition) is 2. The summed E-state index contributed by atoms with van der Waals surface area (Å²) in [6, 6.07) is 54.8. The molecule has 0 aliphatic rings. The van der Waals surface area contributed by atoms with Crippen molar-refractivity contribution in [3.8, 4) is 27.9 Å². The van der Waals surface area contributed by atoms with E-state index in [-0.39, 0.29) is 0 Å². The van der Waals surface area contributed by atoms with Crippen LogP contribution >= 0.6 is 11.3 Å². The molecule has 3 heterocycles. The first-order valence-corrected chi connectivity index (χ1v) is 16.1. The third-order valence-electron chi connectivity index (χ3n) is 9.17. The van der Waals surface area contributed by atoms with Gasteiger partial charge in [-0.1, -0.05) is 103 Å². The first-order chi connectivity index (χ1) is 22.3. The summed E-state index contributed by atoms with van der Waals surface area (Å²) in [5.41, 5.74) is 10.2. The van der Waals surface area contributed by atoms with Gasteiger partial charge in [0.1, 0.15) is 11.2 Å². The standard InChI is InChI=1S/C42H25NOS/c1-2-10-26(11-3-1)28-22-29(27-18-21-39-36(25-27)32-13-5-8-16-38(32)44-39)24-30(23-28)43-37-15-7-4-12-31(37)34-19-20-35-33-14-6-9-17-40(33)45-42(35)41(34)43/h1-25H. The van der Waals surface area contributed by atoms with E-state index in [1.54, 1.807) is 0 Å². The Kier molecular flexibility index (Phi) is 5.19. The van der Waals surface area contributed by atoms with Crippen molar-refractivity contribution in [2.45, 2.75) is 0 Å². The summed E-state index contributed by atoms with van der Waals surface area (Å²) in [5.74, 6) is 0. The Hall–Kier alpha value is -5.64. The first-order valence-electron chi connectivity index (χ1n) is 15.3. The molecule has 3 aromatic heterocycles. The summed E-state index contributed by atoms with van der Waals surface area (Å²) in [6.07, 6.45) is 0. The molecule has 0 radical (unpaired) electrons. The van der Waals surface area contributed by atoms with Gasteiger partial charge in [-0.15, -0.1) is 11.3 Å². The number of aromatic nitrogens is 1. The normalized spacial score (nSPS) is 12.0. The van der Waals surface area contributed by atoms with Crippen LogP contribution in [0.4, 0.5) is 0 Å². The van der Waals surface area contributed by atoms with Crippen molar-refractivity contribution in [3.63, 3.8) is 0 Å². The SMILES string of the molecule is c1ccc(-c2cc(-c3ccc4oc5ccccc5c4c3)cc(-n3c4ccccc4c4ccc5c6ccccc6sc5c43)c2)cc1. The minimum Gasteiger partial charge on any atom is -0.456 e. The molecule has 0 unspecified atom stereocenters. The molecule has 0 spiro atoms. The highest BCUT2D eigenvalue weighted by Crippen LogP contribution is 2.44. The minimum absolute atomic E-state index is 0.911. The molecule has 45 heavy (non-hydrogen) atoms. The molecule has 3 heteroatoms. The maximum Gasteiger partial charge on any atom is 0.135 e. The quantitative estimate of drug-likeness (QED) is 0.200. The molecule has 0 N–H and O–H groups in total. The number of rotatable bonds is 3. The summed E-state index contributed by atoms with van der Waals surface area (Å²) >= 11 is 1.89. The van der Waals surface area contributed by atoms with Gasteiger partial charge in [0.2, 0.25) is 0 Å². The fourth-order valence-corrected chi connectivity index (χ4v) is 8.35. The average Bonchev–Trinajstić information content (AvgIpc) is 3.78. The van der Waals surface area contributed by atoms with Crippen molar-refractivity contribution in [1.82, 2.24) is 4.57 Å². The molecule has 210 valence electrons. The number of hydrogen-bond donors (Lipinski definition) is 0. The van der Waals surface area contributed by atoms with Crippen LogP contribution in [-0.4, -0.2) is 4.57 Å². The predicted molar refractivity (Wildman–Crippen MR) is 192 cm³/mol. The fourth-order valence-electron chi connectivity index (χ4n) is 7.11. The molecule has 0 saturated heterocycles. The zero-order valence-electron chi connectivity index (χ0n) is 24.2. The monoisotopic (exact) mass is 591 g/mol. The Bertz CT molecular complexity index is 2760. The molecule has 0 aliphatic carbocycles. The van der Waals surface area contributed by atoms with Gasteiger partial charge in [0.15, 0.2) is 0 Å². The zero-order chi connectivity index (χ0) is 29.5. The number of benzene rings is 7. The van der Waals surface area contributed by atoms with Gasteiger partial charge in [0, 0.05) is 42.7 Å². The highest BCUT2D eigenvalue weighted by Gasteiger charge is 2.19.